The lowest BCUT2D eigenvalue weighted by atomic mass is 9.87. The van der Waals surface area contributed by atoms with Crippen molar-refractivity contribution in [2.45, 2.75) is 59.6 Å². The smallest absolute Gasteiger partial charge is 0.0836 e. The number of hydrogen-bond acceptors (Lipinski definition) is 2. The quantitative estimate of drug-likeness (QED) is 0.658. The molecule has 0 aliphatic carbocycles. The summed E-state index contributed by atoms with van der Waals surface area (Å²) in [5.41, 5.74) is -0.172. The largest absolute Gasteiger partial charge is 0.374 e. The zero-order valence-electron chi connectivity index (χ0n) is 15.6. The van der Waals surface area contributed by atoms with Gasteiger partial charge in [0.1, 0.15) is 0 Å². The van der Waals surface area contributed by atoms with Gasteiger partial charge >= 0.3 is 0 Å². The van der Waals surface area contributed by atoms with Crippen molar-refractivity contribution >= 4 is 0 Å². The SMILES string of the molecule is [2H]CC([2H])([2H])OC(C)(C)/C(C)=C(/C)C(C)(C)OC([2H])[2H]. The first kappa shape index (κ1) is 7.86. The van der Waals surface area contributed by atoms with E-state index in [0.29, 0.717) is 0 Å². The van der Waals surface area contributed by atoms with Gasteiger partial charge in [-0.2, -0.15) is 0 Å². The summed E-state index contributed by atoms with van der Waals surface area (Å²) in [6, 6.07) is 0. The summed E-state index contributed by atoms with van der Waals surface area (Å²) in [5, 5.41) is 0. The molecule has 0 spiro atoms. The molecule has 0 aromatic rings. The van der Waals surface area contributed by atoms with E-state index in [4.69, 9.17) is 16.3 Å². The minimum absolute atomic E-state index is 0.482. The van der Waals surface area contributed by atoms with Gasteiger partial charge in [0.15, 0.2) is 0 Å². The van der Waals surface area contributed by atoms with Crippen LogP contribution in [0.1, 0.15) is 55.3 Å². The van der Waals surface area contributed by atoms with E-state index in [9.17, 15) is 0 Å². The predicted molar refractivity (Wildman–Crippen MR) is 65.2 cm³/mol. The molecule has 0 rings (SSSR count). The van der Waals surface area contributed by atoms with Crippen LogP contribution >= 0.6 is 0 Å². The van der Waals surface area contributed by atoms with Gasteiger partial charge in [0, 0.05) is 15.0 Å². The molecule has 0 aromatic heterocycles. The third-order valence-electron chi connectivity index (χ3n) is 2.99. The van der Waals surface area contributed by atoms with E-state index < -0.39 is 31.7 Å². The monoisotopic (exact) mass is 219 g/mol. The van der Waals surface area contributed by atoms with Gasteiger partial charge in [0.25, 0.3) is 0 Å². The molecule has 0 radical (unpaired) electrons. The lowest BCUT2D eigenvalue weighted by Gasteiger charge is -2.33. The summed E-state index contributed by atoms with van der Waals surface area (Å²) in [4.78, 5) is 0. The Labute approximate surface area is 102 Å². The minimum Gasteiger partial charge on any atom is -0.374 e. The Morgan fingerprint density at radius 3 is 2.13 bits per heavy atom. The fourth-order valence-electron chi connectivity index (χ4n) is 1.25. The van der Waals surface area contributed by atoms with Crippen molar-refractivity contribution in [3.63, 3.8) is 0 Å². The van der Waals surface area contributed by atoms with Crippen molar-refractivity contribution in [2.24, 2.45) is 0 Å². The van der Waals surface area contributed by atoms with Gasteiger partial charge in [-0.3, -0.25) is 0 Å². The first-order valence-electron chi connectivity index (χ1n) is 7.81. The fourth-order valence-corrected chi connectivity index (χ4v) is 1.25. The molecule has 0 amide bonds. The van der Waals surface area contributed by atoms with Gasteiger partial charge < -0.3 is 9.47 Å². The maximum atomic E-state index is 7.58. The summed E-state index contributed by atoms with van der Waals surface area (Å²) >= 11 is 0. The van der Waals surface area contributed by atoms with Crippen LogP contribution in [0.15, 0.2) is 11.1 Å². The van der Waals surface area contributed by atoms with Gasteiger partial charge in [-0.05, 0) is 59.6 Å². The van der Waals surface area contributed by atoms with Crippen LogP contribution in [-0.2, 0) is 9.47 Å². The molecule has 0 aromatic carbocycles. The summed E-state index contributed by atoms with van der Waals surface area (Å²) in [7, 11) is -1.39. The van der Waals surface area contributed by atoms with Crippen LogP contribution in [0.3, 0.4) is 0 Å². The first-order valence-corrected chi connectivity index (χ1v) is 4.95. The van der Waals surface area contributed by atoms with E-state index in [1.165, 1.54) is 0 Å². The molecule has 0 heterocycles. The van der Waals surface area contributed by atoms with Crippen LogP contribution in [0, 0.1) is 0 Å². The highest BCUT2D eigenvalue weighted by Gasteiger charge is 2.28. The number of ether oxygens (including phenoxy) is 2. The maximum Gasteiger partial charge on any atom is 0.0836 e. The third kappa shape index (κ3) is 3.62. The highest BCUT2D eigenvalue weighted by molar-refractivity contribution is 5.25. The Bertz CT molecular complexity index is 362. The normalized spacial score (nSPS) is 21.1. The second-order valence-corrected chi connectivity index (χ2v) is 4.63. The van der Waals surface area contributed by atoms with Crippen molar-refractivity contribution in [3.8, 4) is 0 Å². The van der Waals surface area contributed by atoms with Crippen LogP contribution < -0.4 is 0 Å². The topological polar surface area (TPSA) is 18.5 Å². The Balaban J connectivity index is 5.36. The molecule has 0 N–H and O–H groups in total. The molecule has 0 atom stereocenters. The summed E-state index contributed by atoms with van der Waals surface area (Å²) in [5.74, 6) is 0. The molecule has 0 fully saturated rings. The fraction of sp³-hybridized carbons (Fsp3) is 0.846. The zero-order valence-corrected chi connectivity index (χ0v) is 10.6. The molecule has 0 aliphatic rings. The average Bonchev–Trinajstić information content (AvgIpc) is 2.23. The van der Waals surface area contributed by atoms with E-state index in [1.807, 2.05) is 13.8 Å². The second-order valence-electron chi connectivity index (χ2n) is 4.63. The lowest BCUT2D eigenvalue weighted by Crippen LogP contribution is -2.32. The first-order chi connectivity index (χ1) is 8.75. The van der Waals surface area contributed by atoms with E-state index in [2.05, 4.69) is 0 Å². The van der Waals surface area contributed by atoms with Crippen LogP contribution in [0.2, 0.25) is 0 Å². The van der Waals surface area contributed by atoms with Gasteiger partial charge in [0.2, 0.25) is 0 Å². The van der Waals surface area contributed by atoms with Gasteiger partial charge in [0.05, 0.1) is 16.7 Å². The number of methoxy groups -OCH3 is 1. The molecule has 0 aliphatic heterocycles. The van der Waals surface area contributed by atoms with Crippen molar-refractivity contribution in [1.82, 2.24) is 0 Å². The molecule has 90 valence electrons. The lowest BCUT2D eigenvalue weighted by molar-refractivity contribution is 0.0110. The van der Waals surface area contributed by atoms with Crippen LogP contribution in [0.5, 0.6) is 0 Å². The van der Waals surface area contributed by atoms with Crippen molar-refractivity contribution in [1.29, 1.82) is 0 Å². The highest BCUT2D eigenvalue weighted by atomic mass is 16.5. The van der Waals surface area contributed by atoms with E-state index in [1.54, 1.807) is 27.7 Å². The summed E-state index contributed by atoms with van der Waals surface area (Å²) in [6.07, 6.45) is 0. The maximum absolute atomic E-state index is 7.58. The molecule has 15 heavy (non-hydrogen) atoms. The second kappa shape index (κ2) is 5.13. The Morgan fingerprint density at radius 2 is 1.67 bits per heavy atom. The molecule has 0 unspecified atom stereocenters. The van der Waals surface area contributed by atoms with Gasteiger partial charge in [-0.1, -0.05) is 0 Å². The molecule has 2 nitrogen and oxygen atoms in total. The molecule has 0 saturated heterocycles. The average molecular weight is 219 g/mol. The molecular weight excluding hydrogens is 188 g/mol. The van der Waals surface area contributed by atoms with Crippen LogP contribution in [-0.4, -0.2) is 24.8 Å². The predicted octanol–water partition coefficient (Wildman–Crippen LogP) is 3.56. The van der Waals surface area contributed by atoms with Crippen molar-refractivity contribution < 1.29 is 16.3 Å². The van der Waals surface area contributed by atoms with E-state index in [-0.39, 0.29) is 0 Å². The molecular formula is C13H26O2. The van der Waals surface area contributed by atoms with Crippen molar-refractivity contribution in [2.75, 3.05) is 13.6 Å². The number of hydrogen-bond donors (Lipinski definition) is 0. The Hall–Kier alpha value is -0.340. The van der Waals surface area contributed by atoms with Crippen LogP contribution in [0.4, 0.5) is 0 Å². The van der Waals surface area contributed by atoms with Gasteiger partial charge in [-0.25, -0.2) is 0 Å². The standard InChI is InChI=1S/C13H26O2/c1-9-15-13(6,7)11(3)10(2)12(4,5)14-8/h9H2,1-8H3/b11-10-/i1D,8D2,9D2. The molecule has 0 bridgehead atoms. The zero-order chi connectivity index (χ0) is 16.4. The number of rotatable bonds is 5. The van der Waals surface area contributed by atoms with Gasteiger partial charge in [-0.15, -0.1) is 0 Å². The summed E-state index contributed by atoms with van der Waals surface area (Å²) in [6.45, 7) is 8.10. The van der Waals surface area contributed by atoms with E-state index in [0.717, 1.165) is 11.1 Å². The Morgan fingerprint density at radius 1 is 1.13 bits per heavy atom. The molecule has 0 saturated carbocycles. The third-order valence-corrected chi connectivity index (χ3v) is 2.99. The minimum atomic E-state index is -2.02. The van der Waals surface area contributed by atoms with Crippen LogP contribution in [0.25, 0.3) is 0 Å². The van der Waals surface area contributed by atoms with E-state index >= 15 is 0 Å². The highest BCUT2D eigenvalue weighted by Crippen LogP contribution is 2.30. The molecule has 2 heteroatoms. The van der Waals surface area contributed by atoms with Crippen molar-refractivity contribution in [3.05, 3.63) is 11.1 Å². The Kier molecular flexibility index (Phi) is 2.69. The summed E-state index contributed by atoms with van der Waals surface area (Å²) < 4.78 is 47.4.